The average Bonchev–Trinajstić information content (AvgIpc) is 2.94. The van der Waals surface area contributed by atoms with E-state index in [2.05, 4.69) is 33.8 Å². The van der Waals surface area contributed by atoms with Crippen LogP contribution in [0.25, 0.3) is 5.76 Å². The third-order valence-corrected chi connectivity index (χ3v) is 4.90. The molecule has 0 saturated carbocycles. The van der Waals surface area contributed by atoms with E-state index >= 15 is 0 Å². The van der Waals surface area contributed by atoms with Gasteiger partial charge in [-0.25, -0.2) is 0 Å². The number of methoxy groups -OCH3 is 1. The van der Waals surface area contributed by atoms with Crippen molar-refractivity contribution < 1.29 is 19.3 Å². The van der Waals surface area contributed by atoms with Crippen molar-refractivity contribution in [1.82, 2.24) is 0 Å². The third kappa shape index (κ3) is 5.01. The van der Waals surface area contributed by atoms with Crippen LogP contribution in [-0.4, -0.2) is 38.6 Å². The van der Waals surface area contributed by atoms with E-state index < -0.39 is 0 Å². The molecule has 0 fully saturated rings. The molecule has 1 heterocycles. The van der Waals surface area contributed by atoms with Crippen LogP contribution in [0.3, 0.4) is 0 Å². The lowest BCUT2D eigenvalue weighted by atomic mass is 9.70. The molecule has 1 N–H and O–H groups in total. The summed E-state index contributed by atoms with van der Waals surface area (Å²) in [7, 11) is 1.68. The lowest BCUT2D eigenvalue weighted by Crippen LogP contribution is -2.31. The molecule has 4 heteroatoms. The minimum absolute atomic E-state index is 0.0395. The van der Waals surface area contributed by atoms with Crippen LogP contribution in [0, 0.1) is 10.8 Å². The fourth-order valence-electron chi connectivity index (χ4n) is 3.81. The lowest BCUT2D eigenvalue weighted by molar-refractivity contribution is 0.0673. The van der Waals surface area contributed by atoms with Gasteiger partial charge in [-0.05, 0) is 37.0 Å². The first-order valence-electron chi connectivity index (χ1n) is 9.53. The number of rotatable bonds is 10. The Morgan fingerprint density at radius 2 is 1.96 bits per heavy atom. The van der Waals surface area contributed by atoms with Crippen molar-refractivity contribution in [3.63, 3.8) is 0 Å². The minimum atomic E-state index is -0.130. The van der Waals surface area contributed by atoms with E-state index in [4.69, 9.17) is 19.3 Å². The predicted octanol–water partition coefficient (Wildman–Crippen LogP) is 4.67. The molecular weight excluding hydrogens is 328 g/mol. The number of ether oxygens (including phenoxy) is 3. The molecule has 1 aromatic rings. The Morgan fingerprint density at radius 3 is 2.65 bits per heavy atom. The Morgan fingerprint density at radius 1 is 1.19 bits per heavy atom. The number of hydrogen-bond donors (Lipinski definition) is 1. The number of hydrogen-bond acceptors (Lipinski definition) is 4. The molecule has 26 heavy (non-hydrogen) atoms. The van der Waals surface area contributed by atoms with E-state index in [9.17, 15) is 0 Å². The molecule has 1 aliphatic heterocycles. The molecule has 0 radical (unpaired) electrons. The van der Waals surface area contributed by atoms with E-state index in [1.165, 1.54) is 5.57 Å². The summed E-state index contributed by atoms with van der Waals surface area (Å²) in [5.74, 6) is 1.79. The molecule has 0 spiro atoms. The molecule has 1 aromatic carbocycles. The van der Waals surface area contributed by atoms with Crippen LogP contribution in [0.15, 0.2) is 29.8 Å². The zero-order chi connectivity index (χ0) is 19.2. The van der Waals surface area contributed by atoms with Crippen molar-refractivity contribution >= 4 is 5.76 Å². The highest BCUT2D eigenvalue weighted by atomic mass is 16.5. The average molecular weight is 363 g/mol. The van der Waals surface area contributed by atoms with E-state index in [1.807, 2.05) is 18.2 Å². The van der Waals surface area contributed by atoms with Crippen LogP contribution in [-0.2, 0) is 9.47 Å². The second-order valence-corrected chi connectivity index (χ2v) is 8.33. The Labute approximate surface area is 158 Å². The van der Waals surface area contributed by atoms with Crippen molar-refractivity contribution in [2.75, 3.05) is 33.5 Å². The highest BCUT2D eigenvalue weighted by molar-refractivity contribution is 5.68. The number of benzene rings is 1. The summed E-state index contributed by atoms with van der Waals surface area (Å²) in [6.45, 7) is 11.2. The number of unbranched alkanes of at least 4 members (excludes halogenated alkanes) is 2. The zero-order valence-corrected chi connectivity index (χ0v) is 16.9. The topological polar surface area (TPSA) is 47.9 Å². The van der Waals surface area contributed by atoms with Gasteiger partial charge in [0.05, 0.1) is 20.3 Å². The molecule has 4 nitrogen and oxygen atoms in total. The van der Waals surface area contributed by atoms with E-state index in [1.54, 1.807) is 7.11 Å². The monoisotopic (exact) mass is 362 g/mol. The van der Waals surface area contributed by atoms with Gasteiger partial charge in [-0.2, -0.15) is 0 Å². The standard InChI is InChI=1S/C22H34O4/c1-21(2,15-25-13-8-6-7-12-23)20-19(26-16-22(20,3)4)17-10-9-11-18(14-17)24-5/h9-11,14,23H,6-8,12-13,15-16H2,1-5H3. The van der Waals surface area contributed by atoms with Gasteiger partial charge in [0.2, 0.25) is 0 Å². The quantitative estimate of drug-likeness (QED) is 0.615. The van der Waals surface area contributed by atoms with Gasteiger partial charge in [-0.3, -0.25) is 0 Å². The molecule has 0 atom stereocenters. The number of aliphatic hydroxyl groups excluding tert-OH is 1. The SMILES string of the molecule is COc1cccc(C2=C(C(C)(C)COCCCCCO)C(C)(C)CO2)c1. The molecule has 2 rings (SSSR count). The fraction of sp³-hybridized carbons (Fsp3) is 0.636. The van der Waals surface area contributed by atoms with Crippen LogP contribution >= 0.6 is 0 Å². The van der Waals surface area contributed by atoms with Gasteiger partial charge in [-0.1, -0.05) is 39.8 Å². The first kappa shape index (κ1) is 20.8. The maximum absolute atomic E-state index is 8.86. The summed E-state index contributed by atoms with van der Waals surface area (Å²) in [4.78, 5) is 0. The zero-order valence-electron chi connectivity index (χ0n) is 16.9. The maximum Gasteiger partial charge on any atom is 0.127 e. The molecule has 0 aromatic heterocycles. The van der Waals surface area contributed by atoms with Gasteiger partial charge < -0.3 is 19.3 Å². The molecule has 0 saturated heterocycles. The Balaban J connectivity index is 2.19. The molecule has 0 aliphatic carbocycles. The van der Waals surface area contributed by atoms with Crippen LogP contribution < -0.4 is 4.74 Å². The predicted molar refractivity (Wildman–Crippen MR) is 105 cm³/mol. The third-order valence-electron chi connectivity index (χ3n) is 4.90. The molecule has 1 aliphatic rings. The number of aliphatic hydroxyl groups is 1. The molecular formula is C22H34O4. The van der Waals surface area contributed by atoms with E-state index in [0.717, 1.165) is 42.9 Å². The molecule has 0 amide bonds. The highest BCUT2D eigenvalue weighted by Gasteiger charge is 2.43. The minimum Gasteiger partial charge on any atom is -0.497 e. The van der Waals surface area contributed by atoms with Gasteiger partial charge in [-0.15, -0.1) is 0 Å². The van der Waals surface area contributed by atoms with E-state index in [-0.39, 0.29) is 17.4 Å². The second kappa shape index (κ2) is 8.92. The molecule has 0 bridgehead atoms. The van der Waals surface area contributed by atoms with Crippen molar-refractivity contribution in [2.45, 2.75) is 47.0 Å². The first-order valence-corrected chi connectivity index (χ1v) is 9.53. The van der Waals surface area contributed by atoms with Crippen molar-refractivity contribution in [2.24, 2.45) is 10.8 Å². The van der Waals surface area contributed by atoms with Crippen molar-refractivity contribution in [1.29, 1.82) is 0 Å². The summed E-state index contributed by atoms with van der Waals surface area (Å²) in [6.07, 6.45) is 2.83. The van der Waals surface area contributed by atoms with Gasteiger partial charge in [0, 0.05) is 29.6 Å². The Bertz CT molecular complexity index is 616. The fourth-order valence-corrected chi connectivity index (χ4v) is 3.81. The van der Waals surface area contributed by atoms with Gasteiger partial charge in [0.25, 0.3) is 0 Å². The van der Waals surface area contributed by atoms with Gasteiger partial charge >= 0.3 is 0 Å². The van der Waals surface area contributed by atoms with Crippen LogP contribution in [0.2, 0.25) is 0 Å². The summed E-state index contributed by atoms with van der Waals surface area (Å²) in [5.41, 5.74) is 2.19. The normalized spacial score (nSPS) is 16.7. The smallest absolute Gasteiger partial charge is 0.127 e. The second-order valence-electron chi connectivity index (χ2n) is 8.33. The molecule has 146 valence electrons. The molecule has 0 unspecified atom stereocenters. The summed E-state index contributed by atoms with van der Waals surface area (Å²) in [6, 6.07) is 8.05. The van der Waals surface area contributed by atoms with Crippen molar-refractivity contribution in [3.05, 3.63) is 35.4 Å². The summed E-state index contributed by atoms with van der Waals surface area (Å²) in [5, 5.41) is 8.86. The van der Waals surface area contributed by atoms with Crippen LogP contribution in [0.4, 0.5) is 0 Å². The van der Waals surface area contributed by atoms with Crippen LogP contribution in [0.1, 0.15) is 52.5 Å². The Kier molecular flexibility index (Phi) is 7.13. The summed E-state index contributed by atoms with van der Waals surface area (Å²) < 4.78 is 17.5. The maximum atomic E-state index is 8.86. The first-order chi connectivity index (χ1) is 12.3. The van der Waals surface area contributed by atoms with Gasteiger partial charge in [0.1, 0.15) is 11.5 Å². The van der Waals surface area contributed by atoms with Crippen molar-refractivity contribution in [3.8, 4) is 5.75 Å². The van der Waals surface area contributed by atoms with Gasteiger partial charge in [0.15, 0.2) is 0 Å². The van der Waals surface area contributed by atoms with E-state index in [0.29, 0.717) is 13.2 Å². The van der Waals surface area contributed by atoms with Crippen LogP contribution in [0.5, 0.6) is 5.75 Å². The highest BCUT2D eigenvalue weighted by Crippen LogP contribution is 2.50. The summed E-state index contributed by atoms with van der Waals surface area (Å²) >= 11 is 0. The lowest BCUT2D eigenvalue weighted by Gasteiger charge is -2.34. The Hall–Kier alpha value is -1.52. The largest absolute Gasteiger partial charge is 0.497 e.